The van der Waals surface area contributed by atoms with Crippen LogP contribution < -0.4 is 0 Å². The van der Waals surface area contributed by atoms with Crippen molar-refractivity contribution in [2.75, 3.05) is 39.2 Å². The van der Waals surface area contributed by atoms with E-state index in [1.54, 1.807) is 0 Å². The molecule has 0 spiro atoms. The predicted molar refractivity (Wildman–Crippen MR) is 55.1 cm³/mol. The fourth-order valence-electron chi connectivity index (χ4n) is 0.887. The number of hydrogen-bond acceptors (Lipinski definition) is 1. The first-order chi connectivity index (χ1) is 5.06. The number of thioether (sulfide) groups is 1. The van der Waals surface area contributed by atoms with Crippen molar-refractivity contribution in [1.29, 1.82) is 0 Å². The Bertz CT molecular complexity index is 86.1. The van der Waals surface area contributed by atoms with Gasteiger partial charge in [-0.1, -0.05) is 6.92 Å². The minimum absolute atomic E-state index is 1.10. The minimum atomic E-state index is 1.10. The molecule has 1 nitrogen and oxygen atoms in total. The maximum atomic E-state index is 2.25. The first-order valence-electron chi connectivity index (χ1n) is 4.44. The maximum Gasteiger partial charge on any atom is 0.0788 e. The standard InChI is InChI=1S/C9H22NS/c1-5-8-11-9-6-7-10(2,3)4/h5-9H2,1-4H3/q+1. The fourth-order valence-corrected chi connectivity index (χ4v) is 1.71. The van der Waals surface area contributed by atoms with E-state index in [0.29, 0.717) is 0 Å². The predicted octanol–water partition coefficient (Wildman–Crippen LogP) is 2.23. The molecule has 0 N–H and O–H groups in total. The van der Waals surface area contributed by atoms with Crippen molar-refractivity contribution in [3.05, 3.63) is 0 Å². The molecule has 0 aliphatic rings. The van der Waals surface area contributed by atoms with Gasteiger partial charge in [-0.3, -0.25) is 0 Å². The van der Waals surface area contributed by atoms with Crippen LogP contribution in [0.5, 0.6) is 0 Å². The molecule has 0 bridgehead atoms. The first-order valence-corrected chi connectivity index (χ1v) is 5.60. The first kappa shape index (κ1) is 11.3. The van der Waals surface area contributed by atoms with Crippen molar-refractivity contribution >= 4 is 11.8 Å². The summed E-state index contributed by atoms with van der Waals surface area (Å²) in [5.74, 6) is 2.67. The highest BCUT2D eigenvalue weighted by Crippen LogP contribution is 2.05. The highest BCUT2D eigenvalue weighted by molar-refractivity contribution is 7.99. The average molecular weight is 176 g/mol. The van der Waals surface area contributed by atoms with E-state index < -0.39 is 0 Å². The second kappa shape index (κ2) is 5.90. The average Bonchev–Trinajstić information content (AvgIpc) is 1.85. The third-order valence-corrected chi connectivity index (χ3v) is 2.74. The van der Waals surface area contributed by atoms with Gasteiger partial charge < -0.3 is 4.48 Å². The highest BCUT2D eigenvalue weighted by atomic mass is 32.2. The Balaban J connectivity index is 3.02. The molecule has 0 unspecified atom stereocenters. The molecule has 0 saturated carbocycles. The molecule has 0 aromatic carbocycles. The van der Waals surface area contributed by atoms with Crippen LogP contribution in [0.3, 0.4) is 0 Å². The summed E-state index contributed by atoms with van der Waals surface area (Å²) in [6, 6.07) is 0. The van der Waals surface area contributed by atoms with E-state index in [1.807, 2.05) is 0 Å². The van der Waals surface area contributed by atoms with Crippen molar-refractivity contribution in [3.8, 4) is 0 Å². The molecular formula is C9H22NS+. The third kappa shape index (κ3) is 10.3. The van der Waals surface area contributed by atoms with E-state index in [0.717, 1.165) is 4.48 Å². The van der Waals surface area contributed by atoms with Crippen LogP contribution in [0.25, 0.3) is 0 Å². The number of quaternary nitrogens is 1. The Labute approximate surface area is 75.8 Å². The van der Waals surface area contributed by atoms with Gasteiger partial charge in [0.2, 0.25) is 0 Å². The molecule has 2 heteroatoms. The second-order valence-corrected chi connectivity index (χ2v) is 5.20. The smallest absolute Gasteiger partial charge is 0.0788 e. The van der Waals surface area contributed by atoms with Gasteiger partial charge in [0.05, 0.1) is 27.7 Å². The minimum Gasteiger partial charge on any atom is -0.331 e. The quantitative estimate of drug-likeness (QED) is 0.442. The third-order valence-electron chi connectivity index (χ3n) is 1.47. The van der Waals surface area contributed by atoms with Crippen LogP contribution in [-0.4, -0.2) is 43.7 Å². The number of nitrogens with zero attached hydrogens (tertiary/aromatic N) is 1. The Morgan fingerprint density at radius 1 is 1.09 bits per heavy atom. The van der Waals surface area contributed by atoms with Crippen molar-refractivity contribution in [2.45, 2.75) is 19.8 Å². The summed E-state index contributed by atoms with van der Waals surface area (Å²) in [7, 11) is 6.76. The SMILES string of the molecule is CCCSCCC[N+](C)(C)C. The molecular weight excluding hydrogens is 154 g/mol. The molecule has 11 heavy (non-hydrogen) atoms. The second-order valence-electron chi connectivity index (χ2n) is 3.98. The maximum absolute atomic E-state index is 2.25. The zero-order chi connectivity index (χ0) is 8.74. The Morgan fingerprint density at radius 3 is 2.18 bits per heavy atom. The summed E-state index contributed by atoms with van der Waals surface area (Å²) >= 11 is 2.08. The fraction of sp³-hybridized carbons (Fsp3) is 1.00. The molecule has 0 fully saturated rings. The highest BCUT2D eigenvalue weighted by Gasteiger charge is 2.04. The van der Waals surface area contributed by atoms with Gasteiger partial charge in [-0.05, 0) is 17.9 Å². The molecule has 0 atom stereocenters. The van der Waals surface area contributed by atoms with Crippen molar-refractivity contribution in [3.63, 3.8) is 0 Å². The van der Waals surface area contributed by atoms with Crippen LogP contribution in [0.4, 0.5) is 0 Å². The van der Waals surface area contributed by atoms with Gasteiger partial charge in [0.15, 0.2) is 0 Å². The van der Waals surface area contributed by atoms with Crippen molar-refractivity contribution < 1.29 is 4.48 Å². The van der Waals surface area contributed by atoms with Crippen LogP contribution >= 0.6 is 11.8 Å². The molecule has 0 rings (SSSR count). The normalized spacial score (nSPS) is 12.0. The molecule has 0 aliphatic carbocycles. The van der Waals surface area contributed by atoms with Gasteiger partial charge in [0.1, 0.15) is 0 Å². The largest absolute Gasteiger partial charge is 0.331 e. The van der Waals surface area contributed by atoms with Gasteiger partial charge >= 0.3 is 0 Å². The van der Waals surface area contributed by atoms with E-state index in [9.17, 15) is 0 Å². The zero-order valence-electron chi connectivity index (χ0n) is 8.39. The molecule has 0 amide bonds. The van der Waals surface area contributed by atoms with Crippen LogP contribution in [0.2, 0.25) is 0 Å². The lowest BCUT2D eigenvalue weighted by Gasteiger charge is -2.23. The number of rotatable bonds is 6. The summed E-state index contributed by atoms with van der Waals surface area (Å²) in [5, 5.41) is 0. The van der Waals surface area contributed by atoms with Crippen LogP contribution in [0.15, 0.2) is 0 Å². The summed E-state index contributed by atoms with van der Waals surface area (Å²) in [6.45, 7) is 3.55. The van der Waals surface area contributed by atoms with Gasteiger partial charge in [-0.15, -0.1) is 0 Å². The molecule has 0 aromatic rings. The molecule has 0 heterocycles. The van der Waals surface area contributed by atoms with E-state index in [1.165, 1.54) is 30.9 Å². The van der Waals surface area contributed by atoms with Crippen molar-refractivity contribution in [2.24, 2.45) is 0 Å². The van der Waals surface area contributed by atoms with E-state index in [4.69, 9.17) is 0 Å². The summed E-state index contributed by atoms with van der Waals surface area (Å²) in [6.07, 6.45) is 2.67. The number of hydrogen-bond donors (Lipinski definition) is 0. The topological polar surface area (TPSA) is 0 Å². The van der Waals surface area contributed by atoms with E-state index in [-0.39, 0.29) is 0 Å². The summed E-state index contributed by atoms with van der Waals surface area (Å²) < 4.78 is 1.10. The zero-order valence-corrected chi connectivity index (χ0v) is 9.21. The lowest BCUT2D eigenvalue weighted by atomic mass is 10.4. The summed E-state index contributed by atoms with van der Waals surface area (Å²) in [4.78, 5) is 0. The monoisotopic (exact) mass is 176 g/mol. The van der Waals surface area contributed by atoms with Crippen LogP contribution in [0.1, 0.15) is 19.8 Å². The lowest BCUT2D eigenvalue weighted by Crippen LogP contribution is -2.35. The van der Waals surface area contributed by atoms with E-state index in [2.05, 4.69) is 39.8 Å². The van der Waals surface area contributed by atoms with Gasteiger partial charge in [0.25, 0.3) is 0 Å². The lowest BCUT2D eigenvalue weighted by molar-refractivity contribution is -0.870. The Morgan fingerprint density at radius 2 is 1.73 bits per heavy atom. The molecule has 0 radical (unpaired) electrons. The van der Waals surface area contributed by atoms with Gasteiger partial charge in [-0.2, -0.15) is 11.8 Å². The Hall–Kier alpha value is 0.310. The Kier molecular flexibility index (Phi) is 6.06. The van der Waals surface area contributed by atoms with E-state index >= 15 is 0 Å². The van der Waals surface area contributed by atoms with Crippen LogP contribution in [0, 0.1) is 0 Å². The van der Waals surface area contributed by atoms with Crippen molar-refractivity contribution in [1.82, 2.24) is 0 Å². The molecule has 0 aromatic heterocycles. The van der Waals surface area contributed by atoms with Crippen LogP contribution in [-0.2, 0) is 0 Å². The van der Waals surface area contributed by atoms with Gasteiger partial charge in [-0.25, -0.2) is 0 Å². The summed E-state index contributed by atoms with van der Waals surface area (Å²) in [5.41, 5.74) is 0. The van der Waals surface area contributed by atoms with Gasteiger partial charge in [0, 0.05) is 6.42 Å². The molecule has 0 saturated heterocycles. The molecule has 0 aliphatic heterocycles. The molecule has 68 valence electrons.